The van der Waals surface area contributed by atoms with Gasteiger partial charge in [0.1, 0.15) is 0 Å². The fraction of sp³-hybridized carbons (Fsp3) is 0.190. The van der Waals surface area contributed by atoms with Gasteiger partial charge in [0, 0.05) is 5.02 Å². The zero-order chi connectivity index (χ0) is 19.2. The van der Waals surface area contributed by atoms with Gasteiger partial charge in [0.2, 0.25) is 0 Å². The van der Waals surface area contributed by atoms with Crippen molar-refractivity contribution in [3.05, 3.63) is 81.0 Å². The Morgan fingerprint density at radius 1 is 1.11 bits per heavy atom. The van der Waals surface area contributed by atoms with Crippen molar-refractivity contribution in [1.29, 1.82) is 0 Å². The molecular weight excluding hydrogens is 382 g/mol. The fourth-order valence-corrected chi connectivity index (χ4v) is 3.51. The summed E-state index contributed by atoms with van der Waals surface area (Å²) in [6.45, 7) is 1.87. The Labute approximate surface area is 167 Å². The zero-order valence-corrected chi connectivity index (χ0v) is 16.6. The summed E-state index contributed by atoms with van der Waals surface area (Å²) < 4.78 is 11.0. The Balaban J connectivity index is 1.71. The summed E-state index contributed by atoms with van der Waals surface area (Å²) in [7, 11) is 1.58. The highest BCUT2D eigenvalue weighted by atomic mass is 35.5. The number of hydrogen-bond acceptors (Lipinski definition) is 4. The molecule has 1 amide bonds. The van der Waals surface area contributed by atoms with Gasteiger partial charge < -0.3 is 14.8 Å². The predicted octanol–water partition coefficient (Wildman–Crippen LogP) is 5.00. The molecule has 1 unspecified atom stereocenters. The Kier molecular flexibility index (Phi) is 6.37. The molecule has 0 spiro atoms. The maximum Gasteiger partial charge on any atom is 0.258 e. The second-order valence-corrected chi connectivity index (χ2v) is 7.27. The Hall–Kier alpha value is -2.50. The van der Waals surface area contributed by atoms with Crippen molar-refractivity contribution < 1.29 is 14.3 Å². The molecule has 0 bridgehead atoms. The third-order valence-electron chi connectivity index (χ3n) is 4.06. The molecule has 3 rings (SSSR count). The molecule has 0 radical (unpaired) electrons. The summed E-state index contributed by atoms with van der Waals surface area (Å²) in [6, 6.07) is 14.8. The number of nitrogens with one attached hydrogen (secondary N) is 1. The van der Waals surface area contributed by atoms with Gasteiger partial charge in [-0.1, -0.05) is 29.8 Å². The van der Waals surface area contributed by atoms with Gasteiger partial charge in [-0.2, -0.15) is 11.3 Å². The molecule has 0 aliphatic heterocycles. The number of halogens is 1. The van der Waals surface area contributed by atoms with Crippen molar-refractivity contribution in [1.82, 2.24) is 5.32 Å². The van der Waals surface area contributed by atoms with Crippen molar-refractivity contribution >= 4 is 28.8 Å². The third-order valence-corrected chi connectivity index (χ3v) is 5.02. The van der Waals surface area contributed by atoms with Crippen molar-refractivity contribution in [2.24, 2.45) is 0 Å². The summed E-state index contributed by atoms with van der Waals surface area (Å²) >= 11 is 7.57. The molecule has 6 heteroatoms. The van der Waals surface area contributed by atoms with Crippen molar-refractivity contribution in [3.8, 4) is 11.5 Å². The van der Waals surface area contributed by atoms with E-state index in [1.807, 2.05) is 60.1 Å². The normalized spacial score (nSPS) is 11.7. The Morgan fingerprint density at radius 2 is 1.89 bits per heavy atom. The summed E-state index contributed by atoms with van der Waals surface area (Å²) in [6.07, 6.45) is 0. The minimum Gasteiger partial charge on any atom is -0.493 e. The highest BCUT2D eigenvalue weighted by Gasteiger charge is 2.18. The molecule has 0 saturated heterocycles. The van der Waals surface area contributed by atoms with Gasteiger partial charge in [0.15, 0.2) is 18.1 Å². The van der Waals surface area contributed by atoms with Crippen molar-refractivity contribution in [3.63, 3.8) is 0 Å². The maximum atomic E-state index is 12.5. The smallest absolute Gasteiger partial charge is 0.258 e. The number of rotatable bonds is 7. The zero-order valence-electron chi connectivity index (χ0n) is 15.1. The van der Waals surface area contributed by atoms with Crippen LogP contribution >= 0.6 is 22.9 Å². The van der Waals surface area contributed by atoms with Crippen LogP contribution in [-0.4, -0.2) is 19.6 Å². The number of aryl methyl sites for hydroxylation is 1. The van der Waals surface area contributed by atoms with E-state index in [4.69, 9.17) is 21.1 Å². The summed E-state index contributed by atoms with van der Waals surface area (Å²) in [5, 5.41) is 7.69. The molecule has 2 aromatic carbocycles. The number of carbonyl (C=O) groups is 1. The molecule has 0 aliphatic rings. The van der Waals surface area contributed by atoms with Crippen LogP contribution in [0.25, 0.3) is 0 Å². The summed E-state index contributed by atoms with van der Waals surface area (Å²) in [5.41, 5.74) is 3.03. The van der Waals surface area contributed by atoms with Crippen LogP contribution in [0.3, 0.4) is 0 Å². The van der Waals surface area contributed by atoms with Crippen LogP contribution in [0.2, 0.25) is 5.02 Å². The molecule has 1 heterocycles. The molecule has 3 aromatic rings. The van der Waals surface area contributed by atoms with Gasteiger partial charge >= 0.3 is 0 Å². The Bertz CT molecular complexity index is 894. The van der Waals surface area contributed by atoms with E-state index in [9.17, 15) is 4.79 Å². The second kappa shape index (κ2) is 8.93. The molecule has 0 saturated carbocycles. The van der Waals surface area contributed by atoms with Gasteiger partial charge in [-0.25, -0.2) is 0 Å². The molecule has 1 aromatic heterocycles. The first-order chi connectivity index (χ1) is 13.1. The van der Waals surface area contributed by atoms with Crippen LogP contribution < -0.4 is 14.8 Å². The number of thiophene rings is 1. The van der Waals surface area contributed by atoms with Gasteiger partial charge in [-0.05, 0) is 64.7 Å². The summed E-state index contributed by atoms with van der Waals surface area (Å²) in [5.74, 6) is 0.926. The number of ether oxygens (including phenoxy) is 2. The maximum absolute atomic E-state index is 12.5. The van der Waals surface area contributed by atoms with E-state index in [0.717, 1.165) is 16.7 Å². The van der Waals surface area contributed by atoms with Crippen molar-refractivity contribution in [2.45, 2.75) is 13.0 Å². The van der Waals surface area contributed by atoms with E-state index in [0.29, 0.717) is 16.5 Å². The number of benzene rings is 2. The van der Waals surface area contributed by atoms with Crippen LogP contribution in [-0.2, 0) is 4.79 Å². The van der Waals surface area contributed by atoms with E-state index in [1.54, 1.807) is 24.5 Å². The number of hydrogen-bond donors (Lipinski definition) is 1. The van der Waals surface area contributed by atoms with Crippen LogP contribution in [0.5, 0.6) is 11.5 Å². The monoisotopic (exact) mass is 401 g/mol. The first-order valence-electron chi connectivity index (χ1n) is 8.41. The Morgan fingerprint density at radius 3 is 2.56 bits per heavy atom. The first kappa shape index (κ1) is 19.3. The lowest BCUT2D eigenvalue weighted by Crippen LogP contribution is -2.33. The van der Waals surface area contributed by atoms with Crippen LogP contribution in [0.4, 0.5) is 0 Å². The lowest BCUT2D eigenvalue weighted by molar-refractivity contribution is -0.123. The predicted molar refractivity (Wildman–Crippen MR) is 109 cm³/mol. The molecule has 0 aliphatic carbocycles. The van der Waals surface area contributed by atoms with Crippen LogP contribution in [0.1, 0.15) is 22.7 Å². The molecular formula is C21H20ClNO3S. The average molecular weight is 402 g/mol. The van der Waals surface area contributed by atoms with E-state index in [1.165, 1.54) is 0 Å². The number of amides is 1. The number of methoxy groups -OCH3 is 1. The third kappa shape index (κ3) is 5.02. The van der Waals surface area contributed by atoms with E-state index in [2.05, 4.69) is 5.32 Å². The second-order valence-electron chi connectivity index (χ2n) is 6.05. The molecule has 1 atom stereocenters. The standard InChI is InChI=1S/C21H20ClNO3S/c1-14-3-8-18(19(11-14)25-2)26-12-20(24)23-21(16-9-10-27-13-16)15-4-6-17(22)7-5-15/h3-11,13,21H,12H2,1-2H3,(H,23,24). The molecule has 140 valence electrons. The van der Waals surface area contributed by atoms with E-state index in [-0.39, 0.29) is 18.6 Å². The van der Waals surface area contributed by atoms with Crippen LogP contribution in [0, 0.1) is 6.92 Å². The van der Waals surface area contributed by atoms with Crippen molar-refractivity contribution in [2.75, 3.05) is 13.7 Å². The van der Waals surface area contributed by atoms with E-state index < -0.39 is 0 Å². The average Bonchev–Trinajstić information content (AvgIpc) is 3.20. The molecule has 1 N–H and O–H groups in total. The van der Waals surface area contributed by atoms with E-state index >= 15 is 0 Å². The lowest BCUT2D eigenvalue weighted by atomic mass is 10.0. The topological polar surface area (TPSA) is 47.6 Å². The van der Waals surface area contributed by atoms with Gasteiger partial charge in [-0.3, -0.25) is 4.79 Å². The van der Waals surface area contributed by atoms with Gasteiger partial charge in [0.05, 0.1) is 13.2 Å². The minimum absolute atomic E-state index is 0.104. The quantitative estimate of drug-likeness (QED) is 0.605. The van der Waals surface area contributed by atoms with Gasteiger partial charge in [0.25, 0.3) is 5.91 Å². The molecule has 4 nitrogen and oxygen atoms in total. The minimum atomic E-state index is -0.260. The fourth-order valence-electron chi connectivity index (χ4n) is 2.69. The van der Waals surface area contributed by atoms with Crippen LogP contribution in [0.15, 0.2) is 59.3 Å². The SMILES string of the molecule is COc1cc(C)ccc1OCC(=O)NC(c1ccc(Cl)cc1)c1ccsc1. The summed E-state index contributed by atoms with van der Waals surface area (Å²) in [4.78, 5) is 12.5. The molecule has 0 fully saturated rings. The first-order valence-corrected chi connectivity index (χ1v) is 9.73. The highest BCUT2D eigenvalue weighted by Crippen LogP contribution is 2.28. The largest absolute Gasteiger partial charge is 0.493 e. The van der Waals surface area contributed by atoms with Gasteiger partial charge in [-0.15, -0.1) is 0 Å². The number of carbonyl (C=O) groups excluding carboxylic acids is 1. The highest BCUT2D eigenvalue weighted by molar-refractivity contribution is 7.08. The molecule has 27 heavy (non-hydrogen) atoms. The lowest BCUT2D eigenvalue weighted by Gasteiger charge is -2.19.